The van der Waals surface area contributed by atoms with Crippen LogP contribution in [-0.4, -0.2) is 20.0 Å². The molecule has 0 saturated carbocycles. The van der Waals surface area contributed by atoms with Gasteiger partial charge in [-0.1, -0.05) is 30.3 Å². The molecule has 20 heavy (non-hydrogen) atoms. The van der Waals surface area contributed by atoms with Gasteiger partial charge in [-0.05, 0) is 29.3 Å². The summed E-state index contributed by atoms with van der Waals surface area (Å²) in [7, 11) is -2.74. The Hall–Kier alpha value is -0.980. The Morgan fingerprint density at radius 3 is 2.50 bits per heavy atom. The average Bonchev–Trinajstić information content (AvgIpc) is 2.71. The van der Waals surface area contributed by atoms with E-state index in [0.29, 0.717) is 10.6 Å². The van der Waals surface area contributed by atoms with Crippen molar-refractivity contribution in [3.8, 4) is 0 Å². The molecule has 2 aromatic rings. The highest BCUT2D eigenvalue weighted by molar-refractivity contribution is 8.25. The molecule has 0 amide bonds. The minimum Gasteiger partial charge on any atom is -0.392 e. The fourth-order valence-corrected chi connectivity index (χ4v) is 6.16. The van der Waals surface area contributed by atoms with Gasteiger partial charge < -0.3 is 5.11 Å². The monoisotopic (exact) mass is 308 g/mol. The van der Waals surface area contributed by atoms with Crippen molar-refractivity contribution in [1.82, 2.24) is 0 Å². The number of benzene rings is 2. The Balaban J connectivity index is 2.00. The maximum Gasteiger partial charge on any atom is 0.0685 e. The SMILES string of the molecule is OCc1cccc2c1C(Sc1ccccc1)CS2(O)O. The fourth-order valence-electron chi connectivity index (χ4n) is 2.52. The molecule has 0 bridgehead atoms. The number of hydrogen-bond donors (Lipinski definition) is 3. The van der Waals surface area contributed by atoms with Crippen molar-refractivity contribution in [2.75, 3.05) is 5.75 Å². The van der Waals surface area contributed by atoms with Gasteiger partial charge in [-0.3, -0.25) is 9.11 Å². The standard InChI is InChI=1S/C15H16O3S2/c16-9-11-5-4-8-14-15(11)13(10-20(14,17)18)19-12-6-2-1-3-7-12/h1-8,13,16-18H,9-10H2. The normalized spacial score (nSPS) is 21.4. The van der Waals surface area contributed by atoms with Gasteiger partial charge in [0.05, 0.1) is 22.5 Å². The zero-order valence-electron chi connectivity index (χ0n) is 10.8. The van der Waals surface area contributed by atoms with Crippen LogP contribution in [0.1, 0.15) is 16.4 Å². The fraction of sp³-hybridized carbons (Fsp3) is 0.200. The molecule has 0 spiro atoms. The number of aliphatic hydroxyl groups excluding tert-OH is 1. The number of fused-ring (bicyclic) bond motifs is 1. The van der Waals surface area contributed by atoms with Gasteiger partial charge in [0.15, 0.2) is 0 Å². The van der Waals surface area contributed by atoms with Crippen molar-refractivity contribution in [2.24, 2.45) is 0 Å². The molecule has 0 aliphatic carbocycles. The first kappa shape index (κ1) is 14.0. The summed E-state index contributed by atoms with van der Waals surface area (Å²) in [5.74, 6) is 0.318. The second kappa shape index (κ2) is 5.42. The lowest BCUT2D eigenvalue weighted by atomic mass is 10.1. The smallest absolute Gasteiger partial charge is 0.0685 e. The highest BCUT2D eigenvalue weighted by Crippen LogP contribution is 2.63. The van der Waals surface area contributed by atoms with Crippen molar-refractivity contribution >= 4 is 22.4 Å². The van der Waals surface area contributed by atoms with Gasteiger partial charge in [0.2, 0.25) is 0 Å². The van der Waals surface area contributed by atoms with Crippen LogP contribution in [0.15, 0.2) is 58.3 Å². The van der Waals surface area contributed by atoms with Crippen LogP contribution in [0, 0.1) is 0 Å². The highest BCUT2D eigenvalue weighted by atomic mass is 32.3. The van der Waals surface area contributed by atoms with Gasteiger partial charge in [0, 0.05) is 4.90 Å². The summed E-state index contributed by atoms with van der Waals surface area (Å²) >= 11 is 1.62. The van der Waals surface area contributed by atoms with Crippen LogP contribution in [-0.2, 0) is 6.61 Å². The maximum atomic E-state index is 10.3. The molecule has 1 aliphatic rings. The van der Waals surface area contributed by atoms with E-state index in [4.69, 9.17) is 0 Å². The Morgan fingerprint density at radius 2 is 1.80 bits per heavy atom. The van der Waals surface area contributed by atoms with E-state index < -0.39 is 10.6 Å². The minimum atomic E-state index is -2.74. The van der Waals surface area contributed by atoms with Gasteiger partial charge in [-0.15, -0.1) is 11.8 Å². The Bertz CT molecular complexity index is 614. The molecule has 1 heterocycles. The first-order chi connectivity index (χ1) is 9.62. The van der Waals surface area contributed by atoms with Gasteiger partial charge in [0.25, 0.3) is 0 Å². The summed E-state index contributed by atoms with van der Waals surface area (Å²) in [4.78, 5) is 1.69. The Kier molecular flexibility index (Phi) is 3.79. The number of aliphatic hydroxyl groups is 1. The van der Waals surface area contributed by atoms with E-state index in [0.717, 1.165) is 16.0 Å². The van der Waals surface area contributed by atoms with Crippen LogP contribution in [0.2, 0.25) is 0 Å². The predicted molar refractivity (Wildman–Crippen MR) is 83.4 cm³/mol. The molecule has 0 fully saturated rings. The van der Waals surface area contributed by atoms with Crippen molar-refractivity contribution in [3.05, 3.63) is 59.7 Å². The van der Waals surface area contributed by atoms with Crippen molar-refractivity contribution < 1.29 is 14.2 Å². The second-order valence-corrected chi connectivity index (χ2v) is 8.12. The Morgan fingerprint density at radius 1 is 1.05 bits per heavy atom. The lowest BCUT2D eigenvalue weighted by molar-refractivity contribution is 0.280. The first-order valence-corrected chi connectivity index (χ1v) is 8.91. The summed E-state index contributed by atoms with van der Waals surface area (Å²) in [6.45, 7) is -0.0788. The molecule has 2 aromatic carbocycles. The predicted octanol–water partition coefficient (Wildman–Crippen LogP) is 4.14. The van der Waals surface area contributed by atoms with Crippen LogP contribution in [0.3, 0.4) is 0 Å². The molecule has 1 aliphatic heterocycles. The molecular formula is C15H16O3S2. The van der Waals surface area contributed by atoms with Gasteiger partial charge in [-0.2, -0.15) is 10.6 Å². The van der Waals surface area contributed by atoms with Gasteiger partial charge >= 0.3 is 0 Å². The van der Waals surface area contributed by atoms with Gasteiger partial charge in [-0.25, -0.2) is 0 Å². The second-order valence-electron chi connectivity index (χ2n) is 4.74. The Labute approximate surface area is 124 Å². The molecular weight excluding hydrogens is 292 g/mol. The minimum absolute atomic E-state index is 0.0271. The number of thioether (sulfide) groups is 1. The van der Waals surface area contributed by atoms with E-state index in [1.165, 1.54) is 0 Å². The summed E-state index contributed by atoms with van der Waals surface area (Å²) in [6, 6.07) is 15.3. The summed E-state index contributed by atoms with van der Waals surface area (Å²) in [6.07, 6.45) is 0. The molecule has 3 rings (SSSR count). The lowest BCUT2D eigenvalue weighted by Crippen LogP contribution is -1.99. The zero-order valence-corrected chi connectivity index (χ0v) is 12.4. The van der Waals surface area contributed by atoms with E-state index in [1.807, 2.05) is 36.4 Å². The van der Waals surface area contributed by atoms with Crippen LogP contribution < -0.4 is 0 Å². The van der Waals surface area contributed by atoms with Crippen LogP contribution in [0.25, 0.3) is 0 Å². The molecule has 0 saturated heterocycles. The van der Waals surface area contributed by atoms with Gasteiger partial charge in [0.1, 0.15) is 0 Å². The molecule has 5 heteroatoms. The van der Waals surface area contributed by atoms with E-state index in [1.54, 1.807) is 23.9 Å². The molecule has 0 aromatic heterocycles. The third kappa shape index (κ3) is 2.47. The van der Waals surface area contributed by atoms with Crippen molar-refractivity contribution in [3.63, 3.8) is 0 Å². The molecule has 3 nitrogen and oxygen atoms in total. The number of hydrogen-bond acceptors (Lipinski definition) is 4. The first-order valence-electron chi connectivity index (χ1n) is 6.32. The molecule has 0 radical (unpaired) electrons. The van der Waals surface area contributed by atoms with Crippen LogP contribution in [0.5, 0.6) is 0 Å². The highest BCUT2D eigenvalue weighted by Gasteiger charge is 2.37. The molecule has 1 atom stereocenters. The average molecular weight is 308 g/mol. The van der Waals surface area contributed by atoms with Crippen molar-refractivity contribution in [2.45, 2.75) is 21.6 Å². The summed E-state index contributed by atoms with van der Waals surface area (Å²) in [5.41, 5.74) is 1.68. The lowest BCUT2D eigenvalue weighted by Gasteiger charge is -2.27. The van der Waals surface area contributed by atoms with E-state index in [-0.39, 0.29) is 11.9 Å². The quantitative estimate of drug-likeness (QED) is 0.797. The third-order valence-electron chi connectivity index (χ3n) is 3.41. The largest absolute Gasteiger partial charge is 0.392 e. The van der Waals surface area contributed by atoms with E-state index in [2.05, 4.69) is 0 Å². The maximum absolute atomic E-state index is 10.3. The topological polar surface area (TPSA) is 60.7 Å². The molecule has 1 unspecified atom stereocenters. The summed E-state index contributed by atoms with van der Waals surface area (Å²) in [5, 5.41) is 9.47. The van der Waals surface area contributed by atoms with E-state index in [9.17, 15) is 14.2 Å². The van der Waals surface area contributed by atoms with Crippen molar-refractivity contribution in [1.29, 1.82) is 0 Å². The molecule has 3 N–H and O–H groups in total. The number of rotatable bonds is 3. The van der Waals surface area contributed by atoms with Crippen LogP contribution in [0.4, 0.5) is 0 Å². The summed E-state index contributed by atoms with van der Waals surface area (Å²) < 4.78 is 20.5. The van der Waals surface area contributed by atoms with E-state index >= 15 is 0 Å². The van der Waals surface area contributed by atoms with Crippen LogP contribution >= 0.6 is 22.4 Å². The third-order valence-corrected chi connectivity index (χ3v) is 6.71. The molecule has 106 valence electrons. The zero-order chi connectivity index (χ0) is 14.2.